The number of nitrogens with one attached hydrogen (secondary N) is 1. The normalized spacial score (nSPS) is 9.75. The summed E-state index contributed by atoms with van der Waals surface area (Å²) in [6.07, 6.45) is 0. The Hall–Kier alpha value is -1.79. The van der Waals surface area contributed by atoms with Crippen molar-refractivity contribution in [1.82, 2.24) is 0 Å². The largest absolute Gasteiger partial charge is 0.380 e. The van der Waals surface area contributed by atoms with E-state index in [4.69, 9.17) is 5.26 Å². The highest BCUT2D eigenvalue weighted by Gasteiger charge is 2.02. The fraction of sp³-hybridized carbons (Fsp3) is 0.154. The van der Waals surface area contributed by atoms with Crippen LogP contribution < -0.4 is 5.32 Å². The standard InChI is InChI=1S/C13H12N2S/c1-10-11(8-14)4-2-6-13(10)15-9-12-5-3-7-16-12/h2-7,15H,9H2,1H3. The van der Waals surface area contributed by atoms with E-state index < -0.39 is 0 Å². The summed E-state index contributed by atoms with van der Waals surface area (Å²) in [7, 11) is 0. The highest BCUT2D eigenvalue weighted by atomic mass is 32.1. The van der Waals surface area contributed by atoms with Crippen molar-refractivity contribution in [2.24, 2.45) is 0 Å². The van der Waals surface area contributed by atoms with Crippen molar-refractivity contribution in [3.63, 3.8) is 0 Å². The second-order valence-corrected chi connectivity index (χ2v) is 4.56. The summed E-state index contributed by atoms with van der Waals surface area (Å²) in [6, 6.07) is 12.1. The number of rotatable bonds is 3. The van der Waals surface area contributed by atoms with E-state index in [1.54, 1.807) is 11.3 Å². The quantitative estimate of drug-likeness (QED) is 0.872. The lowest BCUT2D eigenvalue weighted by atomic mass is 10.1. The van der Waals surface area contributed by atoms with Crippen LogP contribution in [0.5, 0.6) is 0 Å². The van der Waals surface area contributed by atoms with Crippen molar-refractivity contribution >= 4 is 17.0 Å². The van der Waals surface area contributed by atoms with E-state index >= 15 is 0 Å². The van der Waals surface area contributed by atoms with Gasteiger partial charge in [0.15, 0.2) is 0 Å². The molecule has 1 aromatic carbocycles. The van der Waals surface area contributed by atoms with Crippen molar-refractivity contribution in [2.45, 2.75) is 13.5 Å². The maximum atomic E-state index is 8.92. The lowest BCUT2D eigenvalue weighted by Crippen LogP contribution is -2.00. The molecule has 0 aliphatic rings. The van der Waals surface area contributed by atoms with Crippen LogP contribution in [0.2, 0.25) is 0 Å². The number of nitriles is 1. The van der Waals surface area contributed by atoms with E-state index in [0.717, 1.165) is 23.4 Å². The molecule has 0 amide bonds. The minimum absolute atomic E-state index is 0.733. The molecule has 0 bridgehead atoms. The van der Waals surface area contributed by atoms with Gasteiger partial charge < -0.3 is 5.32 Å². The Labute approximate surface area is 99.2 Å². The van der Waals surface area contributed by atoms with E-state index in [1.165, 1.54) is 4.88 Å². The molecule has 2 nitrogen and oxygen atoms in total. The Balaban J connectivity index is 2.13. The first-order valence-corrected chi connectivity index (χ1v) is 5.95. The van der Waals surface area contributed by atoms with E-state index in [1.807, 2.05) is 31.2 Å². The lowest BCUT2D eigenvalue weighted by molar-refractivity contribution is 1.18. The Kier molecular flexibility index (Phi) is 3.23. The van der Waals surface area contributed by atoms with Crippen molar-refractivity contribution in [1.29, 1.82) is 5.26 Å². The number of anilines is 1. The predicted octanol–water partition coefficient (Wildman–Crippen LogP) is 3.54. The number of thiophene rings is 1. The molecule has 0 unspecified atom stereocenters. The zero-order valence-corrected chi connectivity index (χ0v) is 9.84. The van der Waals surface area contributed by atoms with Crippen LogP contribution in [0.3, 0.4) is 0 Å². The molecule has 2 aromatic rings. The van der Waals surface area contributed by atoms with Crippen LogP contribution in [0.4, 0.5) is 5.69 Å². The highest BCUT2D eigenvalue weighted by molar-refractivity contribution is 7.09. The maximum Gasteiger partial charge on any atom is 0.0995 e. The van der Waals surface area contributed by atoms with Crippen LogP contribution >= 0.6 is 11.3 Å². The molecule has 1 aromatic heterocycles. The van der Waals surface area contributed by atoms with Crippen LogP contribution in [0, 0.1) is 18.3 Å². The third kappa shape index (κ3) is 2.23. The van der Waals surface area contributed by atoms with Crippen LogP contribution in [0.25, 0.3) is 0 Å². The first-order chi connectivity index (χ1) is 7.81. The van der Waals surface area contributed by atoms with Gasteiger partial charge in [0.2, 0.25) is 0 Å². The zero-order valence-electron chi connectivity index (χ0n) is 9.03. The molecule has 1 N–H and O–H groups in total. The monoisotopic (exact) mass is 228 g/mol. The summed E-state index contributed by atoms with van der Waals surface area (Å²) < 4.78 is 0. The zero-order chi connectivity index (χ0) is 11.4. The molecule has 16 heavy (non-hydrogen) atoms. The molecule has 0 saturated carbocycles. The van der Waals surface area contributed by atoms with Gasteiger partial charge in [0, 0.05) is 17.1 Å². The van der Waals surface area contributed by atoms with Gasteiger partial charge in [0.25, 0.3) is 0 Å². The molecule has 0 fully saturated rings. The maximum absolute atomic E-state index is 8.92. The Morgan fingerprint density at radius 2 is 2.19 bits per heavy atom. The summed E-state index contributed by atoms with van der Waals surface area (Å²) in [4.78, 5) is 1.29. The van der Waals surface area contributed by atoms with E-state index in [0.29, 0.717) is 0 Å². The molecular formula is C13H12N2S. The molecular weight excluding hydrogens is 216 g/mol. The van der Waals surface area contributed by atoms with Crippen molar-refractivity contribution in [3.05, 3.63) is 51.7 Å². The average molecular weight is 228 g/mol. The molecule has 0 radical (unpaired) electrons. The minimum atomic E-state index is 0.733. The Morgan fingerprint density at radius 1 is 1.31 bits per heavy atom. The fourth-order valence-corrected chi connectivity index (χ4v) is 2.19. The van der Waals surface area contributed by atoms with Gasteiger partial charge in [-0.2, -0.15) is 5.26 Å². The van der Waals surface area contributed by atoms with Gasteiger partial charge in [-0.25, -0.2) is 0 Å². The lowest BCUT2D eigenvalue weighted by Gasteiger charge is -2.09. The van der Waals surface area contributed by atoms with Gasteiger partial charge in [-0.05, 0) is 36.1 Å². The average Bonchev–Trinajstić information content (AvgIpc) is 2.81. The molecule has 0 spiro atoms. The van der Waals surface area contributed by atoms with Gasteiger partial charge in [-0.15, -0.1) is 11.3 Å². The topological polar surface area (TPSA) is 35.8 Å². The van der Waals surface area contributed by atoms with Gasteiger partial charge in [0.05, 0.1) is 11.6 Å². The highest BCUT2D eigenvalue weighted by Crippen LogP contribution is 2.19. The summed E-state index contributed by atoms with van der Waals surface area (Å²) in [5, 5.41) is 14.3. The number of nitrogens with zero attached hydrogens (tertiary/aromatic N) is 1. The van der Waals surface area contributed by atoms with Crippen LogP contribution in [-0.2, 0) is 6.54 Å². The summed E-state index contributed by atoms with van der Waals surface area (Å²) in [5.41, 5.74) is 2.78. The Bertz CT molecular complexity index is 509. The van der Waals surface area contributed by atoms with E-state index in [2.05, 4.69) is 22.8 Å². The van der Waals surface area contributed by atoms with Crippen LogP contribution in [-0.4, -0.2) is 0 Å². The van der Waals surface area contributed by atoms with E-state index in [9.17, 15) is 0 Å². The van der Waals surface area contributed by atoms with E-state index in [-0.39, 0.29) is 0 Å². The van der Waals surface area contributed by atoms with Crippen LogP contribution in [0.1, 0.15) is 16.0 Å². The fourth-order valence-electron chi connectivity index (χ4n) is 1.54. The number of hydrogen-bond acceptors (Lipinski definition) is 3. The smallest absolute Gasteiger partial charge is 0.0995 e. The molecule has 0 aliphatic heterocycles. The summed E-state index contributed by atoms with van der Waals surface area (Å²) in [5.74, 6) is 0. The van der Waals surface area contributed by atoms with Gasteiger partial charge in [0.1, 0.15) is 0 Å². The molecule has 0 saturated heterocycles. The molecule has 0 atom stereocenters. The molecule has 2 rings (SSSR count). The molecule has 1 heterocycles. The van der Waals surface area contributed by atoms with Crippen LogP contribution in [0.15, 0.2) is 35.7 Å². The number of hydrogen-bond donors (Lipinski definition) is 1. The summed E-state index contributed by atoms with van der Waals surface area (Å²) in [6.45, 7) is 2.78. The van der Waals surface area contributed by atoms with Crippen molar-refractivity contribution in [3.8, 4) is 6.07 Å². The predicted molar refractivity (Wildman–Crippen MR) is 67.5 cm³/mol. The first kappa shape index (κ1) is 10.7. The third-order valence-electron chi connectivity index (χ3n) is 2.49. The second-order valence-electron chi connectivity index (χ2n) is 3.52. The molecule has 0 aliphatic carbocycles. The second kappa shape index (κ2) is 4.82. The molecule has 3 heteroatoms. The molecule has 80 valence electrons. The van der Waals surface area contributed by atoms with Gasteiger partial charge in [-0.3, -0.25) is 0 Å². The number of benzene rings is 1. The SMILES string of the molecule is Cc1c(C#N)cccc1NCc1cccs1. The van der Waals surface area contributed by atoms with Gasteiger partial charge in [-0.1, -0.05) is 12.1 Å². The first-order valence-electron chi connectivity index (χ1n) is 5.07. The third-order valence-corrected chi connectivity index (χ3v) is 3.36. The Morgan fingerprint density at radius 3 is 2.88 bits per heavy atom. The minimum Gasteiger partial charge on any atom is -0.380 e. The summed E-state index contributed by atoms with van der Waals surface area (Å²) >= 11 is 1.73. The van der Waals surface area contributed by atoms with Gasteiger partial charge >= 0.3 is 0 Å². The van der Waals surface area contributed by atoms with Crippen molar-refractivity contribution in [2.75, 3.05) is 5.32 Å². The van der Waals surface area contributed by atoms with Crippen molar-refractivity contribution < 1.29 is 0 Å².